The largest absolute Gasteiger partial charge is 0.356 e. The van der Waals surface area contributed by atoms with E-state index in [4.69, 9.17) is 5.26 Å². The molecule has 5 nitrogen and oxygen atoms in total. The molecule has 2 amide bonds. The van der Waals surface area contributed by atoms with Crippen molar-refractivity contribution in [3.8, 4) is 6.07 Å². The van der Waals surface area contributed by atoms with Gasteiger partial charge in [0.1, 0.15) is 0 Å². The van der Waals surface area contributed by atoms with Crippen LogP contribution in [-0.4, -0.2) is 36.3 Å². The van der Waals surface area contributed by atoms with E-state index in [0.29, 0.717) is 37.2 Å². The third kappa shape index (κ3) is 2.97. The monoisotopic (exact) mass is 271 g/mol. The molecular weight excluding hydrogens is 254 g/mol. The quantitative estimate of drug-likeness (QED) is 0.896. The number of hydrogen-bond donors (Lipinski definition) is 1. The first-order valence-corrected chi connectivity index (χ1v) is 6.73. The second kappa shape index (κ2) is 6.20. The number of nitrogens with one attached hydrogen (secondary N) is 1. The minimum atomic E-state index is -0.127. The second-order valence-electron chi connectivity index (χ2n) is 4.82. The molecule has 1 aromatic rings. The van der Waals surface area contributed by atoms with Crippen LogP contribution in [-0.2, 0) is 4.79 Å². The van der Waals surface area contributed by atoms with E-state index in [9.17, 15) is 9.59 Å². The van der Waals surface area contributed by atoms with Crippen molar-refractivity contribution in [2.75, 3.05) is 19.6 Å². The van der Waals surface area contributed by atoms with Crippen LogP contribution in [0.25, 0.3) is 0 Å². The van der Waals surface area contributed by atoms with Gasteiger partial charge in [-0.15, -0.1) is 0 Å². The molecule has 0 spiro atoms. The number of hydrogen-bond acceptors (Lipinski definition) is 3. The molecule has 1 aromatic carbocycles. The molecule has 2 rings (SSSR count). The van der Waals surface area contributed by atoms with Crippen LogP contribution in [0.15, 0.2) is 24.3 Å². The van der Waals surface area contributed by atoms with E-state index in [1.807, 2.05) is 13.0 Å². The van der Waals surface area contributed by atoms with Gasteiger partial charge in [-0.2, -0.15) is 5.26 Å². The van der Waals surface area contributed by atoms with Crippen molar-refractivity contribution in [3.05, 3.63) is 35.4 Å². The molecule has 0 saturated carbocycles. The van der Waals surface area contributed by atoms with Gasteiger partial charge in [-0.3, -0.25) is 9.59 Å². The van der Waals surface area contributed by atoms with E-state index >= 15 is 0 Å². The van der Waals surface area contributed by atoms with Gasteiger partial charge in [0, 0.05) is 25.2 Å². The highest BCUT2D eigenvalue weighted by molar-refractivity contribution is 5.95. The zero-order valence-corrected chi connectivity index (χ0v) is 11.4. The summed E-state index contributed by atoms with van der Waals surface area (Å²) in [5.74, 6) is -0.236. The standard InChI is InChI=1S/C15H17N3O2/c1-2-17-14(19)13-6-7-18(10-13)15(20)12-5-3-4-11(8-12)9-16/h3-5,8,13H,2,6-7,10H2,1H3,(H,17,19)/t13-/m1/s1. The van der Waals surface area contributed by atoms with Gasteiger partial charge in [-0.05, 0) is 31.5 Å². The summed E-state index contributed by atoms with van der Waals surface area (Å²) in [5, 5.41) is 11.6. The highest BCUT2D eigenvalue weighted by Crippen LogP contribution is 2.19. The van der Waals surface area contributed by atoms with Crippen molar-refractivity contribution in [1.29, 1.82) is 5.26 Å². The molecular formula is C15H17N3O2. The Labute approximate surface area is 118 Å². The Hall–Kier alpha value is -2.35. The molecule has 1 saturated heterocycles. The number of carbonyl (C=O) groups excluding carboxylic acids is 2. The van der Waals surface area contributed by atoms with Crippen LogP contribution < -0.4 is 5.32 Å². The average Bonchev–Trinajstić information content (AvgIpc) is 2.96. The summed E-state index contributed by atoms with van der Waals surface area (Å²) in [4.78, 5) is 25.8. The van der Waals surface area contributed by atoms with Crippen molar-refractivity contribution in [1.82, 2.24) is 10.2 Å². The van der Waals surface area contributed by atoms with Crippen LogP contribution in [0.1, 0.15) is 29.3 Å². The van der Waals surface area contributed by atoms with Gasteiger partial charge in [0.15, 0.2) is 0 Å². The molecule has 1 N–H and O–H groups in total. The van der Waals surface area contributed by atoms with Crippen molar-refractivity contribution >= 4 is 11.8 Å². The lowest BCUT2D eigenvalue weighted by molar-refractivity contribution is -0.124. The van der Waals surface area contributed by atoms with Gasteiger partial charge in [0.05, 0.1) is 17.6 Å². The Morgan fingerprint density at radius 1 is 1.50 bits per heavy atom. The summed E-state index contributed by atoms with van der Waals surface area (Å²) in [6.07, 6.45) is 0.690. The highest BCUT2D eigenvalue weighted by atomic mass is 16.2. The van der Waals surface area contributed by atoms with Crippen molar-refractivity contribution in [2.45, 2.75) is 13.3 Å². The first-order chi connectivity index (χ1) is 9.65. The number of likely N-dealkylation sites (tertiary alicyclic amines) is 1. The maximum Gasteiger partial charge on any atom is 0.253 e. The van der Waals surface area contributed by atoms with Crippen molar-refractivity contribution in [3.63, 3.8) is 0 Å². The zero-order chi connectivity index (χ0) is 14.5. The normalized spacial score (nSPS) is 17.6. The number of nitrogens with zero attached hydrogens (tertiary/aromatic N) is 2. The molecule has 1 heterocycles. The van der Waals surface area contributed by atoms with Crippen molar-refractivity contribution < 1.29 is 9.59 Å². The maximum absolute atomic E-state index is 12.3. The molecule has 1 fully saturated rings. The van der Waals surface area contributed by atoms with E-state index in [1.165, 1.54) is 0 Å². The summed E-state index contributed by atoms with van der Waals surface area (Å²) >= 11 is 0. The molecule has 0 unspecified atom stereocenters. The first kappa shape index (κ1) is 14.1. The maximum atomic E-state index is 12.3. The van der Waals surface area contributed by atoms with Crippen LogP contribution >= 0.6 is 0 Å². The van der Waals surface area contributed by atoms with Crippen LogP contribution in [0, 0.1) is 17.2 Å². The number of nitriles is 1. The Bertz CT molecular complexity index is 562. The molecule has 1 atom stereocenters. The van der Waals surface area contributed by atoms with Crippen LogP contribution in [0.4, 0.5) is 0 Å². The van der Waals surface area contributed by atoms with Gasteiger partial charge in [-0.1, -0.05) is 6.07 Å². The third-order valence-corrected chi connectivity index (χ3v) is 3.44. The number of benzene rings is 1. The van der Waals surface area contributed by atoms with Crippen LogP contribution in [0.5, 0.6) is 0 Å². The van der Waals surface area contributed by atoms with Crippen molar-refractivity contribution in [2.24, 2.45) is 5.92 Å². The van der Waals surface area contributed by atoms with Crippen LogP contribution in [0.3, 0.4) is 0 Å². The Kier molecular flexibility index (Phi) is 4.36. The molecule has 20 heavy (non-hydrogen) atoms. The molecule has 104 valence electrons. The fourth-order valence-electron chi connectivity index (χ4n) is 2.38. The lowest BCUT2D eigenvalue weighted by atomic mass is 10.1. The smallest absolute Gasteiger partial charge is 0.253 e. The molecule has 5 heteroatoms. The van der Waals surface area contributed by atoms with Gasteiger partial charge < -0.3 is 10.2 Å². The van der Waals surface area contributed by atoms with Gasteiger partial charge in [0.25, 0.3) is 5.91 Å². The second-order valence-corrected chi connectivity index (χ2v) is 4.82. The zero-order valence-electron chi connectivity index (χ0n) is 11.4. The molecule has 1 aliphatic heterocycles. The lowest BCUT2D eigenvalue weighted by Gasteiger charge is -2.16. The number of rotatable bonds is 3. The van der Waals surface area contributed by atoms with Gasteiger partial charge >= 0.3 is 0 Å². The van der Waals surface area contributed by atoms with Gasteiger partial charge in [0.2, 0.25) is 5.91 Å². The summed E-state index contributed by atoms with van der Waals surface area (Å²) < 4.78 is 0. The molecule has 1 aliphatic rings. The predicted octanol–water partition coefficient (Wildman–Crippen LogP) is 1.16. The minimum absolute atomic E-state index is 0.00794. The summed E-state index contributed by atoms with van der Waals surface area (Å²) in [6.45, 7) is 3.51. The SMILES string of the molecule is CCNC(=O)[C@@H]1CCN(C(=O)c2cccc(C#N)c2)C1. The summed E-state index contributed by atoms with van der Waals surface area (Å²) in [5.41, 5.74) is 0.968. The lowest BCUT2D eigenvalue weighted by Crippen LogP contribution is -2.34. The number of carbonyl (C=O) groups is 2. The Morgan fingerprint density at radius 3 is 3.00 bits per heavy atom. The predicted molar refractivity (Wildman–Crippen MR) is 73.9 cm³/mol. The minimum Gasteiger partial charge on any atom is -0.356 e. The number of amides is 2. The Balaban J connectivity index is 2.04. The molecule has 0 bridgehead atoms. The highest BCUT2D eigenvalue weighted by Gasteiger charge is 2.31. The fraction of sp³-hybridized carbons (Fsp3) is 0.400. The topological polar surface area (TPSA) is 73.2 Å². The van der Waals surface area contributed by atoms with E-state index in [1.54, 1.807) is 29.2 Å². The first-order valence-electron chi connectivity index (χ1n) is 6.73. The van der Waals surface area contributed by atoms with Gasteiger partial charge in [-0.25, -0.2) is 0 Å². The summed E-state index contributed by atoms with van der Waals surface area (Å²) in [7, 11) is 0. The van der Waals surface area contributed by atoms with Crippen LogP contribution in [0.2, 0.25) is 0 Å². The summed E-state index contributed by atoms with van der Waals surface area (Å²) in [6, 6.07) is 8.67. The third-order valence-electron chi connectivity index (χ3n) is 3.44. The van der Waals surface area contributed by atoms with E-state index in [2.05, 4.69) is 5.32 Å². The van der Waals surface area contributed by atoms with E-state index in [-0.39, 0.29) is 17.7 Å². The molecule has 0 aliphatic carbocycles. The molecule has 0 aromatic heterocycles. The fourth-order valence-corrected chi connectivity index (χ4v) is 2.38. The van der Waals surface area contributed by atoms with E-state index in [0.717, 1.165) is 0 Å². The average molecular weight is 271 g/mol. The Morgan fingerprint density at radius 2 is 2.30 bits per heavy atom. The van der Waals surface area contributed by atoms with E-state index < -0.39 is 0 Å². The molecule has 0 radical (unpaired) electrons.